The smallest absolute Gasteiger partial charge is 0.106 e. The highest BCUT2D eigenvalue weighted by atomic mass is 32.2. The van der Waals surface area contributed by atoms with E-state index in [2.05, 4.69) is 0 Å². The molecule has 0 amide bonds. The molecule has 4 heteroatoms. The first kappa shape index (κ1) is 5.37. The van der Waals surface area contributed by atoms with Crippen molar-refractivity contribution >= 4 is 11.9 Å². The van der Waals surface area contributed by atoms with Gasteiger partial charge >= 0.3 is 0 Å². The van der Waals surface area contributed by atoms with Crippen molar-refractivity contribution < 1.29 is 4.74 Å². The third-order valence-corrected chi connectivity index (χ3v) is 1.44. The van der Waals surface area contributed by atoms with Gasteiger partial charge in [-0.15, -0.1) is 0 Å². The number of rotatable bonds is 0. The van der Waals surface area contributed by atoms with Crippen LogP contribution in [0.25, 0.3) is 0 Å². The summed E-state index contributed by atoms with van der Waals surface area (Å²) in [7, 11) is 0. The lowest BCUT2D eigenvalue weighted by atomic mass is 10.7. The van der Waals surface area contributed by atoms with E-state index in [-0.39, 0.29) is 0 Å². The number of hydroxylamine groups is 1. The molecule has 0 aromatic rings. The van der Waals surface area contributed by atoms with Crippen LogP contribution in [0.2, 0.25) is 0 Å². The summed E-state index contributed by atoms with van der Waals surface area (Å²) < 4.78 is 5.80. The van der Waals surface area contributed by atoms with Gasteiger partial charge in [0.15, 0.2) is 0 Å². The van der Waals surface area contributed by atoms with Crippen molar-refractivity contribution in [2.24, 2.45) is 0 Å². The fraction of sp³-hybridized carbons (Fsp3) is 1.00. The minimum atomic E-state index is 0.505. The van der Waals surface area contributed by atoms with Gasteiger partial charge in [0.2, 0.25) is 0 Å². The Kier molecular flexibility index (Phi) is 1.93. The van der Waals surface area contributed by atoms with Crippen LogP contribution >= 0.6 is 11.9 Å². The van der Waals surface area contributed by atoms with Gasteiger partial charge in [-0.2, -0.15) is 0 Å². The second kappa shape index (κ2) is 2.52. The first-order valence-corrected chi connectivity index (χ1v) is 2.99. The van der Waals surface area contributed by atoms with Gasteiger partial charge in [-0.25, -0.2) is 0 Å². The molecule has 0 bridgehead atoms. The zero-order valence-corrected chi connectivity index (χ0v) is 4.61. The van der Waals surface area contributed by atoms with Crippen molar-refractivity contribution in [2.45, 2.75) is 0 Å². The van der Waals surface area contributed by atoms with E-state index in [0.717, 1.165) is 4.47 Å². The van der Waals surface area contributed by atoms with E-state index in [1.54, 1.807) is 0 Å². The monoisotopic (exact) mass is 120 g/mol. The number of nitrogens with zero attached hydrogens (tertiary/aromatic N) is 1. The summed E-state index contributed by atoms with van der Waals surface area (Å²) in [5.74, 6) is 0.517. The summed E-state index contributed by atoms with van der Waals surface area (Å²) in [5, 5.41) is 10.3. The molecule has 0 unspecified atom stereocenters. The minimum absolute atomic E-state index is 0.505. The summed E-state index contributed by atoms with van der Waals surface area (Å²) in [6.45, 7) is 1.08. The first-order chi connectivity index (χ1) is 3.39. The van der Waals surface area contributed by atoms with Crippen LogP contribution in [-0.4, -0.2) is 23.6 Å². The van der Waals surface area contributed by atoms with Gasteiger partial charge in [-0.3, -0.25) is 0 Å². The summed E-state index contributed by atoms with van der Waals surface area (Å²) >= 11 is 1.17. The van der Waals surface area contributed by atoms with Gasteiger partial charge < -0.3 is 14.4 Å². The van der Waals surface area contributed by atoms with Crippen LogP contribution in [0.5, 0.6) is 0 Å². The Bertz CT molecular complexity index is 54.9. The molecule has 42 valence electrons. The standard InChI is InChI=1S/C3H6NO2S/c5-4-1-2-6-3-7-4/h1-3H2/q-1. The highest BCUT2D eigenvalue weighted by molar-refractivity contribution is 7.96. The van der Waals surface area contributed by atoms with Crippen LogP contribution in [0.3, 0.4) is 0 Å². The summed E-state index contributed by atoms with van der Waals surface area (Å²) in [5.41, 5.74) is 0. The minimum Gasteiger partial charge on any atom is -0.775 e. The fourth-order valence-electron chi connectivity index (χ4n) is 0.359. The number of hydrogen-bond acceptors (Lipinski definition) is 4. The van der Waals surface area contributed by atoms with Gasteiger partial charge in [-0.1, -0.05) is 11.9 Å². The zero-order valence-electron chi connectivity index (χ0n) is 3.79. The third-order valence-electron chi connectivity index (χ3n) is 0.698. The Hall–Kier alpha value is 0.230. The Morgan fingerprint density at radius 2 is 2.57 bits per heavy atom. The molecule has 1 saturated heterocycles. The number of hydrogen-bond donors (Lipinski definition) is 0. The molecule has 0 saturated carbocycles. The van der Waals surface area contributed by atoms with E-state index in [1.165, 1.54) is 11.9 Å². The molecule has 0 spiro atoms. The van der Waals surface area contributed by atoms with Gasteiger partial charge in [-0.05, 0) is 0 Å². The van der Waals surface area contributed by atoms with Crippen molar-refractivity contribution in [3.05, 3.63) is 5.21 Å². The number of ether oxygens (including phenoxy) is 1. The van der Waals surface area contributed by atoms with Gasteiger partial charge in [0, 0.05) is 6.54 Å². The topological polar surface area (TPSA) is 35.5 Å². The van der Waals surface area contributed by atoms with Crippen molar-refractivity contribution in [1.82, 2.24) is 4.47 Å². The Morgan fingerprint density at radius 1 is 1.71 bits per heavy atom. The second-order valence-corrected chi connectivity index (χ2v) is 2.11. The summed E-state index contributed by atoms with van der Waals surface area (Å²) in [6.07, 6.45) is 0. The van der Waals surface area contributed by atoms with Gasteiger partial charge in [0.25, 0.3) is 0 Å². The van der Waals surface area contributed by atoms with Gasteiger partial charge in [0.05, 0.1) is 6.61 Å². The lowest BCUT2D eigenvalue weighted by molar-refractivity contribution is 0.159. The van der Waals surface area contributed by atoms with Crippen LogP contribution in [-0.2, 0) is 4.74 Å². The quantitative estimate of drug-likeness (QED) is 0.434. The van der Waals surface area contributed by atoms with Crippen LogP contribution in [0.15, 0.2) is 0 Å². The Labute approximate surface area is 46.3 Å². The van der Waals surface area contributed by atoms with Crippen molar-refractivity contribution in [2.75, 3.05) is 19.1 Å². The van der Waals surface area contributed by atoms with Crippen molar-refractivity contribution in [1.29, 1.82) is 0 Å². The van der Waals surface area contributed by atoms with E-state index in [1.807, 2.05) is 0 Å². The summed E-state index contributed by atoms with van der Waals surface area (Å²) in [6, 6.07) is 0. The molecule has 1 rings (SSSR count). The lowest BCUT2D eigenvalue weighted by Gasteiger charge is -2.29. The van der Waals surface area contributed by atoms with Crippen molar-refractivity contribution in [3.8, 4) is 0 Å². The molecule has 7 heavy (non-hydrogen) atoms. The Balaban J connectivity index is 2.12. The predicted molar refractivity (Wildman–Crippen MR) is 28.5 cm³/mol. The molecule has 1 aliphatic heterocycles. The van der Waals surface area contributed by atoms with Crippen molar-refractivity contribution in [3.63, 3.8) is 0 Å². The van der Waals surface area contributed by atoms with E-state index >= 15 is 0 Å². The van der Waals surface area contributed by atoms with Crippen LogP contribution in [0.4, 0.5) is 0 Å². The molecule has 0 aromatic heterocycles. The fourth-order valence-corrected chi connectivity index (χ4v) is 0.872. The molecule has 0 aliphatic carbocycles. The van der Waals surface area contributed by atoms with E-state index in [9.17, 15) is 5.21 Å². The highest BCUT2D eigenvalue weighted by Gasteiger charge is 1.98. The molecule has 3 nitrogen and oxygen atoms in total. The predicted octanol–water partition coefficient (Wildman–Crippen LogP) is 0.422. The van der Waals surface area contributed by atoms with Crippen LogP contribution < -0.4 is 0 Å². The maximum absolute atomic E-state index is 10.3. The molecular formula is C3H6NO2S-. The van der Waals surface area contributed by atoms with Crippen LogP contribution in [0.1, 0.15) is 0 Å². The lowest BCUT2D eigenvalue weighted by Crippen LogP contribution is -2.20. The average Bonchev–Trinajstić information content (AvgIpc) is 1.69. The van der Waals surface area contributed by atoms with E-state index < -0.39 is 0 Å². The first-order valence-electron chi connectivity index (χ1n) is 2.05. The van der Waals surface area contributed by atoms with Gasteiger partial charge in [0.1, 0.15) is 5.94 Å². The molecule has 1 fully saturated rings. The largest absolute Gasteiger partial charge is 0.775 e. The maximum Gasteiger partial charge on any atom is 0.106 e. The normalized spacial score (nSPS) is 25.3. The maximum atomic E-state index is 10.3. The SMILES string of the molecule is [O-]N1CCOCS1. The van der Waals surface area contributed by atoms with Crippen LogP contribution in [0, 0.1) is 5.21 Å². The highest BCUT2D eigenvalue weighted by Crippen LogP contribution is 2.11. The molecule has 0 N–H and O–H groups in total. The molecule has 0 aromatic carbocycles. The summed E-state index contributed by atoms with van der Waals surface area (Å²) in [4.78, 5) is 0. The second-order valence-electron chi connectivity index (χ2n) is 1.21. The molecule has 1 heterocycles. The molecular weight excluding hydrogens is 114 g/mol. The van der Waals surface area contributed by atoms with E-state index in [0.29, 0.717) is 19.1 Å². The molecule has 0 atom stereocenters. The average molecular weight is 120 g/mol. The Morgan fingerprint density at radius 3 is 2.86 bits per heavy atom. The zero-order chi connectivity index (χ0) is 5.11. The third kappa shape index (κ3) is 1.65. The molecule has 1 aliphatic rings. The molecule has 0 radical (unpaired) electrons. The van der Waals surface area contributed by atoms with E-state index in [4.69, 9.17) is 4.74 Å².